The number of halogens is 1. The van der Waals surface area contributed by atoms with Crippen LogP contribution in [0.4, 0.5) is 9.18 Å². The van der Waals surface area contributed by atoms with Crippen LogP contribution in [0.15, 0.2) is 24.3 Å². The highest BCUT2D eigenvalue weighted by atomic mass is 19.1. The van der Waals surface area contributed by atoms with Crippen LogP contribution in [0.2, 0.25) is 0 Å². The molecule has 0 aliphatic heterocycles. The highest BCUT2D eigenvalue weighted by Gasteiger charge is 2.10. The largest absolute Gasteiger partial charge is 0.334 e. The summed E-state index contributed by atoms with van der Waals surface area (Å²) in [6.45, 7) is 4.67. The van der Waals surface area contributed by atoms with E-state index in [0.717, 1.165) is 22.5 Å². The van der Waals surface area contributed by atoms with Crippen molar-refractivity contribution in [2.45, 2.75) is 26.9 Å². The molecular formula is C15H19FN4O. The lowest BCUT2D eigenvalue weighted by molar-refractivity contribution is 0.240. The van der Waals surface area contributed by atoms with Crippen molar-refractivity contribution in [3.8, 4) is 0 Å². The molecule has 0 bridgehead atoms. The highest BCUT2D eigenvalue weighted by Crippen LogP contribution is 2.11. The average Bonchev–Trinajstić information content (AvgIpc) is 2.69. The van der Waals surface area contributed by atoms with Crippen molar-refractivity contribution in [1.29, 1.82) is 0 Å². The first kappa shape index (κ1) is 15.0. The molecule has 2 amide bonds. The van der Waals surface area contributed by atoms with Crippen molar-refractivity contribution in [1.82, 2.24) is 20.4 Å². The van der Waals surface area contributed by atoms with Crippen LogP contribution in [-0.2, 0) is 20.1 Å². The van der Waals surface area contributed by atoms with E-state index in [1.165, 1.54) is 12.1 Å². The maximum Gasteiger partial charge on any atom is 0.315 e. The number of rotatable bonds is 4. The summed E-state index contributed by atoms with van der Waals surface area (Å²) in [4.78, 5) is 11.8. The Bertz CT molecular complexity index is 634. The van der Waals surface area contributed by atoms with Gasteiger partial charge in [0.1, 0.15) is 5.82 Å². The smallest absolute Gasteiger partial charge is 0.315 e. The second-order valence-electron chi connectivity index (χ2n) is 4.94. The van der Waals surface area contributed by atoms with Crippen molar-refractivity contribution in [2.75, 3.05) is 0 Å². The predicted molar refractivity (Wildman–Crippen MR) is 78.2 cm³/mol. The Hall–Kier alpha value is -2.37. The first-order valence-corrected chi connectivity index (χ1v) is 6.72. The fraction of sp³-hybridized carbons (Fsp3) is 0.333. The van der Waals surface area contributed by atoms with Crippen molar-refractivity contribution in [3.63, 3.8) is 0 Å². The number of hydrogen-bond acceptors (Lipinski definition) is 2. The molecule has 2 rings (SSSR count). The number of amides is 2. The Kier molecular flexibility index (Phi) is 4.57. The van der Waals surface area contributed by atoms with E-state index in [4.69, 9.17) is 0 Å². The van der Waals surface area contributed by atoms with Crippen LogP contribution >= 0.6 is 0 Å². The first-order valence-electron chi connectivity index (χ1n) is 6.72. The molecule has 0 fully saturated rings. The zero-order valence-corrected chi connectivity index (χ0v) is 12.4. The molecule has 21 heavy (non-hydrogen) atoms. The van der Waals surface area contributed by atoms with Gasteiger partial charge in [-0.15, -0.1) is 0 Å². The van der Waals surface area contributed by atoms with E-state index < -0.39 is 0 Å². The topological polar surface area (TPSA) is 59.0 Å². The average molecular weight is 290 g/mol. The molecule has 2 aromatic rings. The summed E-state index contributed by atoms with van der Waals surface area (Å²) in [6, 6.07) is 5.77. The maximum atomic E-state index is 12.8. The molecule has 0 saturated carbocycles. The summed E-state index contributed by atoms with van der Waals surface area (Å²) in [5.41, 5.74) is 3.81. The molecule has 1 aromatic carbocycles. The van der Waals surface area contributed by atoms with Crippen LogP contribution < -0.4 is 10.6 Å². The SMILES string of the molecule is Cc1nn(C)c(C)c1CNC(=O)NCc1ccc(F)cc1. The fourth-order valence-electron chi connectivity index (χ4n) is 2.09. The second-order valence-corrected chi connectivity index (χ2v) is 4.94. The van der Waals surface area contributed by atoms with Crippen LogP contribution in [0, 0.1) is 19.7 Å². The molecule has 112 valence electrons. The third-order valence-corrected chi connectivity index (χ3v) is 3.45. The molecule has 0 aliphatic rings. The zero-order chi connectivity index (χ0) is 15.4. The zero-order valence-electron chi connectivity index (χ0n) is 12.4. The molecule has 6 heteroatoms. The standard InChI is InChI=1S/C15H19FN4O/c1-10-14(11(2)20(3)19-10)9-18-15(21)17-8-12-4-6-13(16)7-5-12/h4-7H,8-9H2,1-3H3,(H2,17,18,21). The number of aryl methyl sites for hydroxylation is 2. The number of carbonyl (C=O) groups excluding carboxylic acids is 1. The fourth-order valence-corrected chi connectivity index (χ4v) is 2.09. The van der Waals surface area contributed by atoms with Gasteiger partial charge in [-0.25, -0.2) is 9.18 Å². The quantitative estimate of drug-likeness (QED) is 0.906. The van der Waals surface area contributed by atoms with Gasteiger partial charge in [0, 0.05) is 31.4 Å². The van der Waals surface area contributed by atoms with Gasteiger partial charge in [-0.1, -0.05) is 12.1 Å². The van der Waals surface area contributed by atoms with Crippen LogP contribution in [0.5, 0.6) is 0 Å². The molecule has 1 aromatic heterocycles. The van der Waals surface area contributed by atoms with Crippen LogP contribution in [0.3, 0.4) is 0 Å². The van der Waals surface area contributed by atoms with Gasteiger partial charge in [0.25, 0.3) is 0 Å². The summed E-state index contributed by atoms with van der Waals surface area (Å²) in [5, 5.41) is 9.83. The van der Waals surface area contributed by atoms with E-state index in [1.807, 2.05) is 20.9 Å². The van der Waals surface area contributed by atoms with Crippen LogP contribution in [0.25, 0.3) is 0 Å². The van der Waals surface area contributed by atoms with Gasteiger partial charge in [-0.2, -0.15) is 5.10 Å². The first-order chi connectivity index (χ1) is 9.97. The summed E-state index contributed by atoms with van der Waals surface area (Å²) in [5.74, 6) is -0.286. The van der Waals surface area contributed by atoms with Crippen molar-refractivity contribution in [2.24, 2.45) is 7.05 Å². The molecule has 0 atom stereocenters. The lowest BCUT2D eigenvalue weighted by Gasteiger charge is -2.08. The molecule has 0 radical (unpaired) electrons. The van der Waals surface area contributed by atoms with Gasteiger partial charge < -0.3 is 10.6 Å². The van der Waals surface area contributed by atoms with Crippen LogP contribution in [-0.4, -0.2) is 15.8 Å². The molecule has 0 aliphatic carbocycles. The number of nitrogens with one attached hydrogen (secondary N) is 2. The molecule has 0 saturated heterocycles. The second kappa shape index (κ2) is 6.39. The van der Waals surface area contributed by atoms with E-state index in [-0.39, 0.29) is 11.8 Å². The predicted octanol–water partition coefficient (Wildman–Crippen LogP) is 2.18. The van der Waals surface area contributed by atoms with E-state index >= 15 is 0 Å². The summed E-state index contributed by atoms with van der Waals surface area (Å²) in [7, 11) is 1.88. The summed E-state index contributed by atoms with van der Waals surface area (Å²) in [6.07, 6.45) is 0. The number of aromatic nitrogens is 2. The minimum atomic E-state index is -0.286. The molecule has 0 unspecified atom stereocenters. The molecule has 0 spiro atoms. The third-order valence-electron chi connectivity index (χ3n) is 3.45. The minimum absolute atomic E-state index is 0.262. The van der Waals surface area contributed by atoms with Gasteiger partial charge in [0.2, 0.25) is 0 Å². The Balaban J connectivity index is 1.83. The number of benzene rings is 1. The normalized spacial score (nSPS) is 10.5. The Morgan fingerprint density at radius 2 is 1.81 bits per heavy atom. The number of nitrogens with zero attached hydrogens (tertiary/aromatic N) is 2. The maximum absolute atomic E-state index is 12.8. The van der Waals surface area contributed by atoms with E-state index in [9.17, 15) is 9.18 Å². The van der Waals surface area contributed by atoms with Crippen molar-refractivity contribution >= 4 is 6.03 Å². The minimum Gasteiger partial charge on any atom is -0.334 e. The third kappa shape index (κ3) is 3.81. The number of hydrogen-bond donors (Lipinski definition) is 2. The van der Waals surface area contributed by atoms with Crippen molar-refractivity contribution in [3.05, 3.63) is 52.6 Å². The Morgan fingerprint density at radius 3 is 2.38 bits per heavy atom. The molecular weight excluding hydrogens is 271 g/mol. The van der Waals surface area contributed by atoms with Crippen LogP contribution in [0.1, 0.15) is 22.5 Å². The van der Waals surface area contributed by atoms with Gasteiger partial charge >= 0.3 is 6.03 Å². The number of carbonyl (C=O) groups is 1. The number of urea groups is 1. The lowest BCUT2D eigenvalue weighted by Crippen LogP contribution is -2.34. The van der Waals surface area contributed by atoms with E-state index in [1.54, 1.807) is 16.8 Å². The monoisotopic (exact) mass is 290 g/mol. The summed E-state index contributed by atoms with van der Waals surface area (Å²) < 4.78 is 14.6. The van der Waals surface area contributed by atoms with E-state index in [2.05, 4.69) is 15.7 Å². The molecule has 5 nitrogen and oxygen atoms in total. The Labute approximate surface area is 123 Å². The van der Waals surface area contributed by atoms with Gasteiger partial charge in [0.05, 0.1) is 5.69 Å². The van der Waals surface area contributed by atoms with Gasteiger partial charge in [0.15, 0.2) is 0 Å². The summed E-state index contributed by atoms with van der Waals surface area (Å²) >= 11 is 0. The van der Waals surface area contributed by atoms with E-state index in [0.29, 0.717) is 13.1 Å². The van der Waals surface area contributed by atoms with Gasteiger partial charge in [-0.3, -0.25) is 4.68 Å². The molecule has 2 N–H and O–H groups in total. The van der Waals surface area contributed by atoms with Crippen molar-refractivity contribution < 1.29 is 9.18 Å². The van der Waals surface area contributed by atoms with Gasteiger partial charge in [-0.05, 0) is 31.5 Å². The highest BCUT2D eigenvalue weighted by molar-refractivity contribution is 5.73. The Morgan fingerprint density at radius 1 is 1.19 bits per heavy atom. The lowest BCUT2D eigenvalue weighted by atomic mass is 10.2. The molecule has 1 heterocycles.